The van der Waals surface area contributed by atoms with Crippen LogP contribution >= 0.6 is 11.6 Å². The molecule has 0 spiro atoms. The van der Waals surface area contributed by atoms with Gasteiger partial charge in [0.15, 0.2) is 17.2 Å². The molecule has 1 N–H and O–H groups in total. The van der Waals surface area contributed by atoms with E-state index >= 15 is 0 Å². The number of fused-ring (bicyclic) bond motifs is 1. The number of aryl methyl sites for hydroxylation is 3. The first kappa shape index (κ1) is 27.5. The average Bonchev–Trinajstić information content (AvgIpc) is 3.47. The van der Waals surface area contributed by atoms with Crippen LogP contribution in [0.2, 0.25) is 5.02 Å². The van der Waals surface area contributed by atoms with Crippen LogP contribution in [0, 0.1) is 12.3 Å². The van der Waals surface area contributed by atoms with Crippen LogP contribution in [0.15, 0.2) is 79.0 Å². The molecule has 0 bridgehead atoms. The minimum atomic E-state index is -4.52. The molecule has 0 aliphatic carbocycles. The Labute approximate surface area is 244 Å². The van der Waals surface area contributed by atoms with Crippen LogP contribution in [-0.4, -0.2) is 28.7 Å². The van der Waals surface area contributed by atoms with Gasteiger partial charge in [-0.3, -0.25) is 9.98 Å². The molecule has 3 heterocycles. The first-order valence-electron chi connectivity index (χ1n) is 13.1. The van der Waals surface area contributed by atoms with Gasteiger partial charge in [0.2, 0.25) is 5.62 Å². The lowest BCUT2D eigenvalue weighted by atomic mass is 9.99. The summed E-state index contributed by atoms with van der Waals surface area (Å²) in [7, 11) is 3.34. The molecule has 6 aromatic rings. The Morgan fingerprint density at radius 1 is 0.833 bits per heavy atom. The highest BCUT2D eigenvalue weighted by Gasteiger charge is 2.34. The lowest BCUT2D eigenvalue weighted by Gasteiger charge is -2.12. The Balaban J connectivity index is 1.41. The van der Waals surface area contributed by atoms with Crippen molar-refractivity contribution in [3.05, 3.63) is 107 Å². The van der Waals surface area contributed by atoms with Crippen LogP contribution in [0.25, 0.3) is 45.1 Å². The van der Waals surface area contributed by atoms with Crippen LogP contribution in [-0.2, 0) is 26.8 Å². The Kier molecular flexibility index (Phi) is 6.73. The maximum Gasteiger partial charge on any atom is 0.434 e. The van der Waals surface area contributed by atoms with Crippen molar-refractivity contribution in [3.63, 3.8) is 0 Å². The van der Waals surface area contributed by atoms with Gasteiger partial charge < -0.3 is 9.13 Å². The van der Waals surface area contributed by atoms with Crippen molar-refractivity contribution >= 4 is 22.8 Å². The van der Waals surface area contributed by atoms with Gasteiger partial charge in [-0.2, -0.15) is 13.2 Å². The number of alkyl halides is 3. The molecule has 7 nitrogen and oxygen atoms in total. The van der Waals surface area contributed by atoms with Crippen molar-refractivity contribution in [2.24, 2.45) is 14.1 Å². The van der Waals surface area contributed by atoms with E-state index in [9.17, 15) is 13.2 Å². The van der Waals surface area contributed by atoms with Crippen molar-refractivity contribution < 1.29 is 13.2 Å². The van der Waals surface area contributed by atoms with E-state index in [0.717, 1.165) is 39.7 Å². The number of rotatable bonds is 5. The molecule has 6 rings (SSSR count). The molecule has 0 fully saturated rings. The average molecular weight is 588 g/mol. The molecule has 0 aliphatic rings. The lowest BCUT2D eigenvalue weighted by molar-refractivity contribution is -0.140. The van der Waals surface area contributed by atoms with E-state index in [2.05, 4.69) is 4.98 Å². The van der Waals surface area contributed by atoms with Crippen LogP contribution in [0.3, 0.4) is 0 Å². The van der Waals surface area contributed by atoms with Crippen LogP contribution < -0.4 is 5.62 Å². The van der Waals surface area contributed by atoms with E-state index in [1.807, 2.05) is 67.6 Å². The van der Waals surface area contributed by atoms with Gasteiger partial charge in [-0.15, -0.1) is 0 Å². The number of nitrogens with zero attached hydrogens (tertiary/aromatic N) is 6. The Hall–Kier alpha value is -4.70. The zero-order valence-corrected chi connectivity index (χ0v) is 23.7. The normalized spacial score (nSPS) is 11.9. The molecule has 11 heteroatoms. The summed E-state index contributed by atoms with van der Waals surface area (Å²) in [6, 6.07) is 22.5. The highest BCUT2D eigenvalue weighted by molar-refractivity contribution is 6.33. The smallest absolute Gasteiger partial charge is 0.333 e. The molecule has 0 unspecified atom stereocenters. The molecule has 0 saturated carbocycles. The summed E-state index contributed by atoms with van der Waals surface area (Å²) >= 11 is 6.54. The van der Waals surface area contributed by atoms with Gasteiger partial charge in [0, 0.05) is 42.0 Å². The number of imidazole rings is 2. The van der Waals surface area contributed by atoms with Gasteiger partial charge in [-0.1, -0.05) is 78.3 Å². The zero-order chi connectivity index (χ0) is 29.8. The van der Waals surface area contributed by atoms with Gasteiger partial charge in [0.25, 0.3) is 0 Å². The predicted octanol–water partition coefficient (Wildman–Crippen LogP) is 7.01. The summed E-state index contributed by atoms with van der Waals surface area (Å²) < 4.78 is 44.3. The molecule has 0 aliphatic heterocycles. The second kappa shape index (κ2) is 10.3. The monoisotopic (exact) mass is 587 g/mol. The topological polar surface area (TPSA) is 77.3 Å². The molecule has 42 heavy (non-hydrogen) atoms. The Bertz CT molecular complexity index is 2020. The molecule has 0 atom stereocenters. The number of nitrogens with one attached hydrogen (secondary N) is 1. The Morgan fingerprint density at radius 3 is 2.12 bits per heavy atom. The molecule has 0 saturated heterocycles. The van der Waals surface area contributed by atoms with E-state index < -0.39 is 11.9 Å². The van der Waals surface area contributed by atoms with Crippen molar-refractivity contribution in [3.8, 4) is 33.9 Å². The molecule has 3 aromatic carbocycles. The number of benzene rings is 3. The fourth-order valence-electron chi connectivity index (χ4n) is 5.20. The third kappa shape index (κ3) is 4.77. The van der Waals surface area contributed by atoms with Crippen molar-refractivity contribution in [1.29, 1.82) is 5.41 Å². The number of hydrogen-bond donors (Lipinski definition) is 1. The fraction of sp³-hybridized carbons (Fsp3) is 0.161. The van der Waals surface area contributed by atoms with E-state index in [4.69, 9.17) is 27.0 Å². The maximum absolute atomic E-state index is 13.1. The Morgan fingerprint density at radius 2 is 1.48 bits per heavy atom. The lowest BCUT2D eigenvalue weighted by Crippen LogP contribution is -2.23. The third-order valence-electron chi connectivity index (χ3n) is 7.26. The van der Waals surface area contributed by atoms with Gasteiger partial charge >= 0.3 is 6.18 Å². The summed E-state index contributed by atoms with van der Waals surface area (Å²) in [4.78, 5) is 13.6. The van der Waals surface area contributed by atoms with Crippen LogP contribution in [0.5, 0.6) is 0 Å². The summed E-state index contributed by atoms with van der Waals surface area (Å²) in [5, 5.41) is 9.46. The fourth-order valence-corrected chi connectivity index (χ4v) is 5.43. The van der Waals surface area contributed by atoms with Gasteiger partial charge in [0.05, 0.1) is 12.2 Å². The summed E-state index contributed by atoms with van der Waals surface area (Å²) in [5.74, 6) is 0.735. The molecular formula is C31H25ClF3N7. The predicted molar refractivity (Wildman–Crippen MR) is 156 cm³/mol. The molecule has 0 radical (unpaired) electrons. The number of aromatic nitrogens is 6. The standard InChI is InChI=1S/C31H25ClF3N7/c1-18-26-29(39-27(37-18)23-10-5-4-8-21(23)22-9-6-7-11-24(22)32)42(30(36)41(26)3)16-19-12-14-20(15-13-19)28-38-25(17-40(28)2)31(33,34)35/h4-15,17,36H,16H2,1-3H3. The molecule has 0 amide bonds. The summed E-state index contributed by atoms with van der Waals surface area (Å²) in [6.45, 7) is 2.22. The zero-order valence-electron chi connectivity index (χ0n) is 22.9. The van der Waals surface area contributed by atoms with Crippen LogP contribution in [0.1, 0.15) is 17.0 Å². The number of hydrogen-bond acceptors (Lipinski definition) is 4. The van der Waals surface area contributed by atoms with E-state index in [1.165, 1.54) is 11.6 Å². The van der Waals surface area contributed by atoms with E-state index in [1.54, 1.807) is 28.3 Å². The largest absolute Gasteiger partial charge is 0.434 e. The minimum absolute atomic E-state index is 0.220. The molecule has 3 aromatic heterocycles. The number of halogens is 4. The second-order valence-electron chi connectivity index (χ2n) is 10.1. The van der Waals surface area contributed by atoms with Crippen LogP contribution in [0.4, 0.5) is 13.2 Å². The van der Waals surface area contributed by atoms with Gasteiger partial charge in [-0.05, 0) is 24.1 Å². The molecule has 212 valence electrons. The first-order valence-corrected chi connectivity index (χ1v) is 13.4. The van der Waals surface area contributed by atoms with Gasteiger partial charge in [0.1, 0.15) is 11.3 Å². The van der Waals surface area contributed by atoms with Gasteiger partial charge in [-0.25, -0.2) is 15.0 Å². The minimum Gasteiger partial charge on any atom is -0.333 e. The summed E-state index contributed by atoms with van der Waals surface area (Å²) in [6.07, 6.45) is -3.54. The van der Waals surface area contributed by atoms with Crippen molar-refractivity contribution in [2.45, 2.75) is 19.6 Å². The SMILES string of the molecule is Cc1nc(-c2ccccc2-c2ccccc2Cl)nc2c1n(C)c(=N)n2Cc1ccc(-c2nc(C(F)(F)F)cn2C)cc1. The second-order valence-corrected chi connectivity index (χ2v) is 10.5. The van der Waals surface area contributed by atoms with Crippen molar-refractivity contribution in [2.75, 3.05) is 0 Å². The maximum atomic E-state index is 13.1. The third-order valence-corrected chi connectivity index (χ3v) is 7.59. The van der Waals surface area contributed by atoms with Crippen molar-refractivity contribution in [1.82, 2.24) is 28.7 Å². The first-order chi connectivity index (χ1) is 20.0. The highest BCUT2D eigenvalue weighted by Crippen LogP contribution is 2.35. The highest BCUT2D eigenvalue weighted by atomic mass is 35.5. The molecular weight excluding hydrogens is 563 g/mol. The summed E-state index contributed by atoms with van der Waals surface area (Å²) in [5.41, 5.74) is 5.36. The quantitative estimate of drug-likeness (QED) is 0.236. The van der Waals surface area contributed by atoms with E-state index in [-0.39, 0.29) is 11.4 Å². The van der Waals surface area contributed by atoms with E-state index in [0.29, 0.717) is 28.6 Å².